The average Bonchev–Trinajstić information content (AvgIpc) is 2.57. The minimum Gasteiger partial charge on any atom is -0.507 e. The van der Waals surface area contributed by atoms with Gasteiger partial charge in [0.1, 0.15) is 24.2 Å². The fraction of sp³-hybridized carbons (Fsp3) is 0.375. The molecule has 0 aliphatic heterocycles. The zero-order valence-corrected chi connectivity index (χ0v) is 12.0. The summed E-state index contributed by atoms with van der Waals surface area (Å²) in [6.07, 6.45) is -1.26. The minimum absolute atomic E-state index is 0. The monoisotopic (exact) mass is 318 g/mol. The summed E-state index contributed by atoms with van der Waals surface area (Å²) in [5.41, 5.74) is 0. The Labute approximate surface area is 141 Å². The molecule has 0 bridgehead atoms. The number of phenols is 1. The van der Waals surface area contributed by atoms with Crippen molar-refractivity contribution in [3.05, 3.63) is 36.4 Å². The van der Waals surface area contributed by atoms with E-state index in [4.69, 9.17) is 14.3 Å². The van der Waals surface area contributed by atoms with E-state index in [-0.39, 0.29) is 24.8 Å². The molecular weight excluding hydrogens is 290 g/mol. The van der Waals surface area contributed by atoms with Gasteiger partial charge in [-0.1, -0.05) is 38.0 Å². The normalized spacial score (nSPS) is 18.8. The van der Waals surface area contributed by atoms with Crippen LogP contribution in [0.4, 0.5) is 0 Å². The van der Waals surface area contributed by atoms with Crippen LogP contribution in [0.2, 0.25) is 0 Å². The van der Waals surface area contributed by atoms with E-state index in [1.54, 1.807) is 24.3 Å². The lowest BCUT2D eigenvalue weighted by atomic mass is 10.1. The van der Waals surface area contributed by atoms with Gasteiger partial charge >= 0.3 is 0 Å². The van der Waals surface area contributed by atoms with Gasteiger partial charge in [-0.05, 0) is 12.1 Å². The zero-order valence-electron chi connectivity index (χ0n) is 18.2. The Kier molecular flexibility index (Phi) is 3.66. The molecule has 4 nitrogen and oxygen atoms in total. The van der Waals surface area contributed by atoms with E-state index >= 15 is 0 Å². The first-order valence-corrected chi connectivity index (χ1v) is 6.13. The van der Waals surface area contributed by atoms with E-state index in [0.717, 1.165) is 0 Å². The van der Waals surface area contributed by atoms with Gasteiger partial charge in [0.2, 0.25) is 0 Å². The van der Waals surface area contributed by atoms with Gasteiger partial charge in [-0.3, -0.25) is 0 Å². The SMILES string of the molecule is Cl.[2H]C([2H])([2H])C([2H])(NCC(O)COc1ccc(O)c2ccccc12)C([2H])([2H])[2H]. The summed E-state index contributed by atoms with van der Waals surface area (Å²) in [6.45, 7) is -6.96. The number of aliphatic hydroxyl groups is 1. The highest BCUT2D eigenvalue weighted by atomic mass is 35.5. The zero-order chi connectivity index (χ0) is 20.5. The quantitative estimate of drug-likeness (QED) is 0.766. The molecule has 0 saturated carbocycles. The average molecular weight is 319 g/mol. The van der Waals surface area contributed by atoms with Crippen LogP contribution in [-0.4, -0.2) is 35.5 Å². The molecule has 0 fully saturated rings. The summed E-state index contributed by atoms with van der Waals surface area (Å²) in [4.78, 5) is 0. The van der Waals surface area contributed by atoms with Crippen LogP contribution in [0.15, 0.2) is 36.4 Å². The molecule has 0 aromatic heterocycles. The second-order valence-electron chi connectivity index (χ2n) is 4.35. The molecule has 0 heterocycles. The highest BCUT2D eigenvalue weighted by molar-refractivity contribution is 5.92. The third-order valence-electron chi connectivity index (χ3n) is 2.81. The fourth-order valence-corrected chi connectivity index (χ4v) is 1.85. The van der Waals surface area contributed by atoms with Gasteiger partial charge in [0.25, 0.3) is 0 Å². The Morgan fingerprint density at radius 3 is 2.67 bits per heavy atom. The van der Waals surface area contributed by atoms with Crippen LogP contribution < -0.4 is 10.1 Å². The molecule has 0 aliphatic carbocycles. The number of hydrogen-bond donors (Lipinski definition) is 3. The van der Waals surface area contributed by atoms with Gasteiger partial charge in [-0.2, -0.15) is 0 Å². The first-order valence-electron chi connectivity index (χ1n) is 9.63. The first-order chi connectivity index (χ1) is 12.4. The van der Waals surface area contributed by atoms with Crippen LogP contribution in [0, 0.1) is 0 Å². The molecule has 2 rings (SSSR count). The highest BCUT2D eigenvalue weighted by Gasteiger charge is 2.09. The number of halogens is 1. The summed E-state index contributed by atoms with van der Waals surface area (Å²) in [5.74, 6) is 0.473. The number of benzene rings is 2. The summed E-state index contributed by atoms with van der Waals surface area (Å²) in [6, 6.07) is 7.00. The molecule has 0 aliphatic rings. The topological polar surface area (TPSA) is 61.7 Å². The maximum Gasteiger partial charge on any atom is 0.127 e. The van der Waals surface area contributed by atoms with Gasteiger partial charge in [-0.25, -0.2) is 0 Å². The lowest BCUT2D eigenvalue weighted by Gasteiger charge is -2.16. The van der Waals surface area contributed by atoms with Crippen molar-refractivity contribution >= 4 is 23.2 Å². The Balaban J connectivity index is 0.00000392. The molecule has 116 valence electrons. The van der Waals surface area contributed by atoms with Crippen LogP contribution in [-0.2, 0) is 0 Å². The number of rotatable bonds is 6. The molecule has 0 spiro atoms. The molecule has 2 aromatic carbocycles. The van der Waals surface area contributed by atoms with Gasteiger partial charge in [0.05, 0.1) is 0 Å². The Hall–Kier alpha value is -1.49. The van der Waals surface area contributed by atoms with Crippen LogP contribution >= 0.6 is 12.4 Å². The summed E-state index contributed by atoms with van der Waals surface area (Å²) < 4.78 is 57.3. The van der Waals surface area contributed by atoms with E-state index in [1.807, 2.05) is 0 Å². The van der Waals surface area contributed by atoms with Crippen LogP contribution in [0.5, 0.6) is 11.5 Å². The summed E-state index contributed by atoms with van der Waals surface area (Å²) in [7, 11) is 0. The van der Waals surface area contributed by atoms with Crippen molar-refractivity contribution in [3.8, 4) is 11.5 Å². The smallest absolute Gasteiger partial charge is 0.127 e. The first kappa shape index (κ1) is 9.51. The molecule has 21 heavy (non-hydrogen) atoms. The molecule has 1 atom stereocenters. The summed E-state index contributed by atoms with van der Waals surface area (Å²) >= 11 is 0. The van der Waals surface area contributed by atoms with E-state index in [1.165, 1.54) is 12.1 Å². The van der Waals surface area contributed by atoms with Crippen molar-refractivity contribution in [3.63, 3.8) is 0 Å². The molecule has 0 radical (unpaired) electrons. The molecular formula is C16H22ClNO3. The number of aliphatic hydroxyl groups excluding tert-OH is 1. The predicted octanol–water partition coefficient (Wildman–Crippen LogP) is 2.70. The third-order valence-corrected chi connectivity index (χ3v) is 2.81. The van der Waals surface area contributed by atoms with Crippen molar-refractivity contribution in [1.82, 2.24) is 5.32 Å². The van der Waals surface area contributed by atoms with E-state index in [2.05, 4.69) is 5.32 Å². The van der Waals surface area contributed by atoms with Crippen molar-refractivity contribution in [1.29, 1.82) is 0 Å². The largest absolute Gasteiger partial charge is 0.507 e. The maximum absolute atomic E-state index is 10.0. The highest BCUT2D eigenvalue weighted by Crippen LogP contribution is 2.32. The Bertz CT molecular complexity index is 784. The predicted molar refractivity (Wildman–Crippen MR) is 87.5 cm³/mol. The molecule has 0 amide bonds. The second kappa shape index (κ2) is 8.08. The second-order valence-corrected chi connectivity index (χ2v) is 4.35. The summed E-state index contributed by atoms with van der Waals surface area (Å²) in [5, 5.41) is 23.2. The van der Waals surface area contributed by atoms with Gasteiger partial charge in [-0.15, -0.1) is 12.4 Å². The van der Waals surface area contributed by atoms with Crippen molar-refractivity contribution in [2.75, 3.05) is 13.2 Å². The molecule has 3 N–H and O–H groups in total. The third kappa shape index (κ3) is 4.77. The number of hydrogen-bond acceptors (Lipinski definition) is 4. The van der Waals surface area contributed by atoms with Crippen molar-refractivity contribution in [2.24, 2.45) is 0 Å². The molecule has 1 unspecified atom stereocenters. The Morgan fingerprint density at radius 2 is 1.95 bits per heavy atom. The van der Waals surface area contributed by atoms with Crippen LogP contribution in [0.1, 0.15) is 23.3 Å². The van der Waals surface area contributed by atoms with E-state index in [9.17, 15) is 10.2 Å². The number of fused-ring (bicyclic) bond motifs is 1. The van der Waals surface area contributed by atoms with Crippen molar-refractivity contribution < 1.29 is 24.5 Å². The minimum atomic E-state index is -3.12. The van der Waals surface area contributed by atoms with E-state index in [0.29, 0.717) is 16.5 Å². The van der Waals surface area contributed by atoms with Gasteiger partial charge in [0, 0.05) is 32.9 Å². The fourth-order valence-electron chi connectivity index (χ4n) is 1.85. The number of nitrogens with one attached hydrogen (secondary N) is 1. The molecule has 0 saturated heterocycles. The number of phenolic OH excluding ortho intramolecular Hbond substituents is 1. The lowest BCUT2D eigenvalue weighted by molar-refractivity contribution is 0.105. The molecule has 2 aromatic rings. The Morgan fingerprint density at radius 1 is 1.24 bits per heavy atom. The van der Waals surface area contributed by atoms with Crippen LogP contribution in [0.25, 0.3) is 10.8 Å². The molecule has 5 heteroatoms. The lowest BCUT2D eigenvalue weighted by Crippen LogP contribution is -2.35. The van der Waals surface area contributed by atoms with Crippen LogP contribution in [0.3, 0.4) is 0 Å². The standard InChI is InChI=1S/C16H21NO3.ClH/c1-11(2)17-9-12(18)10-20-16-8-7-15(19)13-5-3-4-6-14(13)16;/h3-8,11-12,17-19H,9-10H2,1-2H3;1H/i1D3,2D3,11D;. The van der Waals surface area contributed by atoms with Gasteiger partial charge in [0.15, 0.2) is 0 Å². The van der Waals surface area contributed by atoms with Crippen molar-refractivity contribution in [2.45, 2.75) is 25.8 Å². The maximum atomic E-state index is 10.0. The van der Waals surface area contributed by atoms with E-state index < -0.39 is 32.4 Å². The number of ether oxygens (including phenoxy) is 1. The number of aromatic hydroxyl groups is 1. The van der Waals surface area contributed by atoms with Gasteiger partial charge < -0.3 is 20.3 Å².